The molecule has 0 aliphatic carbocycles. The van der Waals surface area contributed by atoms with Gasteiger partial charge >= 0.3 is 19.6 Å². The van der Waals surface area contributed by atoms with E-state index in [2.05, 4.69) is 25.1 Å². The van der Waals surface area contributed by atoms with Gasteiger partial charge in [0.15, 0.2) is 11.2 Å². The van der Waals surface area contributed by atoms with Crippen molar-refractivity contribution < 1.29 is 42.7 Å². The number of nitrogens with one attached hydrogen (secondary N) is 2. The second kappa shape index (κ2) is 14.3. The Morgan fingerprint density at radius 2 is 1.60 bits per heavy atom. The Kier molecular flexibility index (Phi) is 11.6. The Morgan fingerprint density at radius 3 is 2.09 bits per heavy atom. The highest BCUT2D eigenvalue weighted by Crippen LogP contribution is 2.43. The Hall–Kier alpha value is -2.88. The number of carbonyl (C=O) groups is 2. The molecular weight excluding hydrogens is 609 g/mol. The normalized spacial score (nSPS) is 23.4. The van der Waals surface area contributed by atoms with Gasteiger partial charge in [-0.05, 0) is 24.7 Å². The molecule has 45 heavy (non-hydrogen) atoms. The number of fused-ring (bicyclic) bond motifs is 1. The second-order valence-electron chi connectivity index (χ2n) is 13.7. The summed E-state index contributed by atoms with van der Waals surface area (Å²) in [6, 6.07) is -2.16. The summed E-state index contributed by atoms with van der Waals surface area (Å²) in [7, 11) is -2.74. The van der Waals surface area contributed by atoms with Crippen molar-refractivity contribution in [3.05, 3.63) is 6.33 Å². The maximum Gasteiger partial charge on any atom is 0.342 e. The Morgan fingerprint density at radius 1 is 1.07 bits per heavy atom. The molecule has 3 rings (SSSR count). The van der Waals surface area contributed by atoms with E-state index in [1.807, 2.05) is 41.5 Å². The smallest absolute Gasteiger partial charge is 0.342 e. The van der Waals surface area contributed by atoms with Crippen molar-refractivity contribution in [1.82, 2.24) is 29.7 Å². The molecule has 6 atom stereocenters. The van der Waals surface area contributed by atoms with E-state index in [-0.39, 0.29) is 42.5 Å². The van der Waals surface area contributed by atoms with Crippen molar-refractivity contribution in [2.75, 3.05) is 32.7 Å². The standard InChI is InChI=1S/C28H48N7O9P/c1-15-20(36)18(44-23(15)35-14-30-19-21(35)31-26(29)32-22(19)40-10)11-43-45(39,33-16(2)24(37)41-12-27(4,5)6)34-17(3)25(38)42-13-28(7,8)9/h14-18,20,23,36H,11-13H2,1-10H3,(H2,29,31,32)(H2,33,34,39). The molecule has 1 saturated heterocycles. The summed E-state index contributed by atoms with van der Waals surface area (Å²) in [5.41, 5.74) is 5.97. The van der Waals surface area contributed by atoms with Gasteiger partial charge in [-0.3, -0.25) is 18.7 Å². The van der Waals surface area contributed by atoms with Gasteiger partial charge in [0, 0.05) is 5.92 Å². The number of anilines is 1. The third kappa shape index (κ3) is 9.80. The highest BCUT2D eigenvalue weighted by atomic mass is 31.2. The molecule has 1 fully saturated rings. The molecule has 0 aromatic carbocycles. The summed E-state index contributed by atoms with van der Waals surface area (Å²) in [5.74, 6) is -1.65. The number of aliphatic hydroxyl groups excluding tert-OH is 1. The quantitative estimate of drug-likeness (QED) is 0.180. The highest BCUT2D eigenvalue weighted by molar-refractivity contribution is 7.54. The van der Waals surface area contributed by atoms with Crippen molar-refractivity contribution in [1.29, 1.82) is 0 Å². The average Bonchev–Trinajstić information content (AvgIpc) is 3.47. The molecule has 17 heteroatoms. The number of hydrogen-bond donors (Lipinski definition) is 4. The van der Waals surface area contributed by atoms with Gasteiger partial charge in [-0.1, -0.05) is 48.5 Å². The second-order valence-corrected chi connectivity index (χ2v) is 15.6. The summed E-state index contributed by atoms with van der Waals surface area (Å²) in [5, 5.41) is 16.4. The third-order valence-corrected chi connectivity index (χ3v) is 8.67. The third-order valence-electron chi connectivity index (χ3n) is 6.71. The summed E-state index contributed by atoms with van der Waals surface area (Å²) in [6.45, 7) is 16.0. The molecule has 6 unspecified atom stereocenters. The molecule has 254 valence electrons. The number of hydrogen-bond acceptors (Lipinski definition) is 13. The van der Waals surface area contributed by atoms with Crippen LogP contribution in [0.1, 0.15) is 68.5 Å². The SMILES string of the molecule is COc1nc(N)nc2c1ncn2C1OC(COP(=O)(NC(C)C(=O)OCC(C)(C)C)NC(C)C(=O)OCC(C)(C)C)C(O)C1C. The van der Waals surface area contributed by atoms with Crippen LogP contribution in [-0.4, -0.2) is 87.8 Å². The lowest BCUT2D eigenvalue weighted by atomic mass is 9.99. The van der Waals surface area contributed by atoms with E-state index >= 15 is 0 Å². The first-order valence-electron chi connectivity index (χ1n) is 14.7. The van der Waals surface area contributed by atoms with Gasteiger partial charge in [0.1, 0.15) is 24.4 Å². The van der Waals surface area contributed by atoms with Gasteiger partial charge in [0.05, 0.1) is 39.4 Å². The molecular formula is C28H48N7O9P. The van der Waals surface area contributed by atoms with E-state index in [1.54, 1.807) is 11.5 Å². The molecule has 3 heterocycles. The fraction of sp³-hybridized carbons (Fsp3) is 0.750. The predicted molar refractivity (Wildman–Crippen MR) is 165 cm³/mol. The van der Waals surface area contributed by atoms with Crippen LogP contribution in [0.25, 0.3) is 11.2 Å². The number of aliphatic hydroxyl groups is 1. The number of esters is 2. The van der Waals surface area contributed by atoms with Gasteiger partial charge in [0.25, 0.3) is 0 Å². The van der Waals surface area contributed by atoms with Crippen LogP contribution in [0.3, 0.4) is 0 Å². The van der Waals surface area contributed by atoms with Crippen molar-refractivity contribution in [2.24, 2.45) is 16.7 Å². The monoisotopic (exact) mass is 657 g/mol. The largest absolute Gasteiger partial charge is 0.479 e. The number of ether oxygens (including phenoxy) is 4. The van der Waals surface area contributed by atoms with Crippen LogP contribution in [-0.2, 0) is 32.9 Å². The lowest BCUT2D eigenvalue weighted by Crippen LogP contribution is -2.44. The molecule has 0 radical (unpaired) electrons. The summed E-state index contributed by atoms with van der Waals surface area (Å²) in [6.07, 6.45) is -1.31. The molecule has 0 saturated carbocycles. The van der Waals surface area contributed by atoms with Crippen LogP contribution >= 0.6 is 7.67 Å². The number of nitrogen functional groups attached to an aromatic ring is 1. The lowest BCUT2D eigenvalue weighted by molar-refractivity contribution is -0.148. The molecule has 2 aromatic heterocycles. The number of imidazole rings is 1. The van der Waals surface area contributed by atoms with Crippen molar-refractivity contribution >= 4 is 36.7 Å². The van der Waals surface area contributed by atoms with E-state index in [0.29, 0.717) is 11.2 Å². The molecule has 0 bridgehead atoms. The van der Waals surface area contributed by atoms with Crippen LogP contribution in [0.2, 0.25) is 0 Å². The van der Waals surface area contributed by atoms with Crippen LogP contribution in [0.5, 0.6) is 5.88 Å². The van der Waals surface area contributed by atoms with Crippen LogP contribution < -0.4 is 20.6 Å². The maximum absolute atomic E-state index is 14.1. The first kappa shape index (κ1) is 36.6. The Balaban J connectivity index is 1.78. The molecule has 2 aromatic rings. The molecule has 5 N–H and O–H groups in total. The maximum atomic E-state index is 14.1. The summed E-state index contributed by atoms with van der Waals surface area (Å²) < 4.78 is 43.7. The minimum atomic E-state index is -4.17. The number of carbonyl (C=O) groups excluding carboxylic acids is 2. The van der Waals surface area contributed by atoms with E-state index in [1.165, 1.54) is 27.3 Å². The zero-order valence-corrected chi connectivity index (χ0v) is 28.6. The highest BCUT2D eigenvalue weighted by Gasteiger charge is 2.44. The van der Waals surface area contributed by atoms with Gasteiger partial charge in [-0.15, -0.1) is 0 Å². The van der Waals surface area contributed by atoms with E-state index in [4.69, 9.17) is 29.2 Å². The van der Waals surface area contributed by atoms with E-state index in [9.17, 15) is 19.3 Å². The molecule has 16 nitrogen and oxygen atoms in total. The average molecular weight is 658 g/mol. The fourth-order valence-electron chi connectivity index (χ4n) is 4.31. The van der Waals surface area contributed by atoms with Gasteiger partial charge in [-0.25, -0.2) is 15.2 Å². The zero-order chi connectivity index (χ0) is 33.9. The zero-order valence-electron chi connectivity index (χ0n) is 27.7. The molecule has 0 spiro atoms. The Bertz CT molecular complexity index is 1350. The van der Waals surface area contributed by atoms with Crippen LogP contribution in [0.4, 0.5) is 5.95 Å². The predicted octanol–water partition coefficient (Wildman–Crippen LogP) is 2.57. The van der Waals surface area contributed by atoms with Crippen LogP contribution in [0, 0.1) is 16.7 Å². The molecule has 0 amide bonds. The van der Waals surface area contributed by atoms with Crippen LogP contribution in [0.15, 0.2) is 6.33 Å². The number of methoxy groups -OCH3 is 1. The number of rotatable bonds is 13. The molecule has 1 aliphatic heterocycles. The van der Waals surface area contributed by atoms with Gasteiger partial charge in [0.2, 0.25) is 11.8 Å². The van der Waals surface area contributed by atoms with Gasteiger partial charge < -0.3 is 34.3 Å². The summed E-state index contributed by atoms with van der Waals surface area (Å²) in [4.78, 5) is 38.1. The summed E-state index contributed by atoms with van der Waals surface area (Å²) >= 11 is 0. The molecule has 1 aliphatic rings. The van der Waals surface area contributed by atoms with Gasteiger partial charge in [-0.2, -0.15) is 9.97 Å². The number of aromatic nitrogens is 4. The topological polar surface area (TPSA) is 211 Å². The minimum absolute atomic E-state index is 0.0319. The lowest BCUT2D eigenvalue weighted by Gasteiger charge is -2.28. The first-order valence-corrected chi connectivity index (χ1v) is 16.4. The minimum Gasteiger partial charge on any atom is -0.479 e. The number of nitrogens with two attached hydrogens (primary N) is 1. The van der Waals surface area contributed by atoms with Crippen molar-refractivity contribution in [3.8, 4) is 5.88 Å². The first-order chi connectivity index (χ1) is 20.7. The van der Waals surface area contributed by atoms with E-state index in [0.717, 1.165) is 0 Å². The number of nitrogens with zero attached hydrogens (tertiary/aromatic N) is 4. The Labute approximate surface area is 263 Å². The van der Waals surface area contributed by atoms with Crippen molar-refractivity contribution in [3.63, 3.8) is 0 Å². The fourth-order valence-corrected chi connectivity index (χ4v) is 6.12. The van der Waals surface area contributed by atoms with E-state index < -0.39 is 56.0 Å². The van der Waals surface area contributed by atoms with Crippen molar-refractivity contribution in [2.45, 2.75) is 92.8 Å².